The highest BCUT2D eigenvalue weighted by Crippen LogP contribution is 2.35. The summed E-state index contributed by atoms with van der Waals surface area (Å²) in [6, 6.07) is 6.25. The Bertz CT molecular complexity index is 1370. The van der Waals surface area contributed by atoms with Crippen LogP contribution in [0.5, 0.6) is 0 Å². The monoisotopic (exact) mass is 598 g/mol. The van der Waals surface area contributed by atoms with Crippen LogP contribution < -0.4 is 5.32 Å². The Kier molecular flexibility index (Phi) is 10.5. The predicted octanol–water partition coefficient (Wildman–Crippen LogP) is 7.73. The van der Waals surface area contributed by atoms with E-state index in [1.165, 1.54) is 22.1 Å². The molecule has 2 aliphatic rings. The van der Waals surface area contributed by atoms with E-state index in [1.54, 1.807) is 4.90 Å². The first-order valence-electron chi connectivity index (χ1n) is 15.5. The van der Waals surface area contributed by atoms with Crippen molar-refractivity contribution in [1.29, 1.82) is 0 Å². The Balaban J connectivity index is 1.40. The molecular formula is C34H45F3N4O2. The van der Waals surface area contributed by atoms with Crippen molar-refractivity contribution in [2.45, 2.75) is 84.4 Å². The molecule has 2 aromatic rings. The van der Waals surface area contributed by atoms with Crippen molar-refractivity contribution in [3.63, 3.8) is 0 Å². The highest BCUT2D eigenvalue weighted by Gasteiger charge is 2.43. The number of rotatable bonds is 8. The van der Waals surface area contributed by atoms with Gasteiger partial charge < -0.3 is 20.1 Å². The number of hydrogen-bond donors (Lipinski definition) is 2. The quantitative estimate of drug-likeness (QED) is 0.305. The van der Waals surface area contributed by atoms with Crippen LogP contribution in [0.15, 0.2) is 48.6 Å². The number of hydrogen-bond acceptors (Lipinski definition) is 2. The molecule has 0 saturated carbocycles. The number of urea groups is 1. The maximum atomic E-state index is 12.9. The van der Waals surface area contributed by atoms with Gasteiger partial charge in [-0.3, -0.25) is 4.79 Å². The van der Waals surface area contributed by atoms with Gasteiger partial charge in [-0.25, -0.2) is 4.79 Å². The van der Waals surface area contributed by atoms with E-state index >= 15 is 0 Å². The zero-order valence-electron chi connectivity index (χ0n) is 25.8. The molecule has 3 heterocycles. The summed E-state index contributed by atoms with van der Waals surface area (Å²) in [6.45, 7) is 14.0. The van der Waals surface area contributed by atoms with Gasteiger partial charge in [0.25, 0.3) is 0 Å². The molecule has 43 heavy (non-hydrogen) atoms. The minimum Gasteiger partial charge on any atom is -0.354 e. The first kappa shape index (κ1) is 32.4. The number of amides is 3. The van der Waals surface area contributed by atoms with Gasteiger partial charge in [0.1, 0.15) is 0 Å². The highest BCUT2D eigenvalue weighted by atomic mass is 19.4. The molecule has 1 atom stereocenters. The SMILES string of the molecule is C=C/C=C(\C=C(\C)C(C)CC)c1[nH]c2ccc(C3CCN(C(=O)NC4CCN(C(=O)C(F)(F)F)CC4)CC3)cc2c1CC. The first-order chi connectivity index (χ1) is 20.5. The Hall–Kier alpha value is -3.49. The van der Waals surface area contributed by atoms with Gasteiger partial charge >= 0.3 is 18.1 Å². The Labute approximate surface area is 253 Å². The standard InChI is InChI=1S/C34H45F3N4O2/c1-6-9-26(20-23(5)22(4)7-2)31-28(8-3)29-21-25(10-11-30(29)39-31)24-12-16-41(17-13-24)33(43)38-27-14-18-40(19-15-27)32(42)34(35,36)37/h6,9-11,20-22,24,27,39H,1,7-8,12-19H2,2-5H3,(H,38,43)/b23-20-,26-9+. The molecule has 1 unspecified atom stereocenters. The van der Waals surface area contributed by atoms with E-state index in [0.717, 1.165) is 47.4 Å². The lowest BCUT2D eigenvalue weighted by Crippen LogP contribution is -2.53. The predicted molar refractivity (Wildman–Crippen MR) is 167 cm³/mol. The Morgan fingerprint density at radius 3 is 2.33 bits per heavy atom. The summed E-state index contributed by atoms with van der Waals surface area (Å²) in [7, 11) is 0. The molecule has 0 radical (unpaired) electrons. The van der Waals surface area contributed by atoms with E-state index in [-0.39, 0.29) is 25.2 Å². The fourth-order valence-electron chi connectivity index (χ4n) is 6.26. The second-order valence-electron chi connectivity index (χ2n) is 12.0. The molecule has 0 bridgehead atoms. The Morgan fingerprint density at radius 2 is 1.74 bits per heavy atom. The fraction of sp³-hybridized carbons (Fsp3) is 0.529. The van der Waals surface area contributed by atoms with Crippen molar-refractivity contribution in [2.75, 3.05) is 26.2 Å². The van der Waals surface area contributed by atoms with Gasteiger partial charge in [-0.15, -0.1) is 0 Å². The largest absolute Gasteiger partial charge is 0.471 e. The zero-order chi connectivity index (χ0) is 31.3. The Morgan fingerprint density at radius 1 is 1.09 bits per heavy atom. The van der Waals surface area contributed by atoms with Gasteiger partial charge in [-0.05, 0) is 86.1 Å². The molecule has 2 N–H and O–H groups in total. The third-order valence-corrected chi connectivity index (χ3v) is 9.25. The smallest absolute Gasteiger partial charge is 0.354 e. The van der Waals surface area contributed by atoms with Gasteiger partial charge in [-0.1, -0.05) is 57.2 Å². The summed E-state index contributed by atoms with van der Waals surface area (Å²) in [4.78, 5) is 30.7. The molecule has 1 aromatic carbocycles. The third-order valence-electron chi connectivity index (χ3n) is 9.25. The molecule has 2 aliphatic heterocycles. The number of halogens is 3. The van der Waals surface area contributed by atoms with E-state index in [1.807, 2.05) is 6.08 Å². The van der Waals surface area contributed by atoms with Crippen LogP contribution in [0, 0.1) is 5.92 Å². The van der Waals surface area contributed by atoms with Crippen molar-refractivity contribution in [1.82, 2.24) is 20.1 Å². The topological polar surface area (TPSA) is 68.4 Å². The molecule has 234 valence electrons. The van der Waals surface area contributed by atoms with Gasteiger partial charge in [0.05, 0.1) is 0 Å². The van der Waals surface area contributed by atoms with Crippen LogP contribution in [0.1, 0.15) is 82.5 Å². The number of allylic oxidation sites excluding steroid dienone is 5. The van der Waals surface area contributed by atoms with E-state index in [2.05, 4.69) is 74.9 Å². The molecule has 3 amide bonds. The maximum Gasteiger partial charge on any atom is 0.471 e. The van der Waals surface area contributed by atoms with Gasteiger partial charge in [-0.2, -0.15) is 13.2 Å². The summed E-state index contributed by atoms with van der Waals surface area (Å²) >= 11 is 0. The number of aromatic nitrogens is 1. The minimum absolute atomic E-state index is 0.00686. The van der Waals surface area contributed by atoms with Crippen LogP contribution in [0.25, 0.3) is 16.5 Å². The molecule has 9 heteroatoms. The molecule has 2 fully saturated rings. The average Bonchev–Trinajstić information content (AvgIpc) is 3.37. The summed E-state index contributed by atoms with van der Waals surface area (Å²) in [5, 5.41) is 4.21. The van der Waals surface area contributed by atoms with Crippen LogP contribution in [0.4, 0.5) is 18.0 Å². The van der Waals surface area contributed by atoms with Crippen LogP contribution in [-0.2, 0) is 11.2 Å². The highest BCUT2D eigenvalue weighted by molar-refractivity contribution is 5.92. The molecule has 4 rings (SSSR count). The van der Waals surface area contributed by atoms with Crippen molar-refractivity contribution in [3.05, 3.63) is 65.4 Å². The molecular weight excluding hydrogens is 553 g/mol. The summed E-state index contributed by atoms with van der Waals surface area (Å²) in [6.07, 6.45) is 5.63. The van der Waals surface area contributed by atoms with Crippen LogP contribution in [0.2, 0.25) is 0 Å². The number of nitrogens with one attached hydrogen (secondary N) is 2. The summed E-state index contributed by atoms with van der Waals surface area (Å²) < 4.78 is 38.1. The normalized spacial score (nSPS) is 18.7. The molecule has 1 aromatic heterocycles. The zero-order valence-corrected chi connectivity index (χ0v) is 25.8. The molecule has 2 saturated heterocycles. The number of fused-ring (bicyclic) bond motifs is 1. The molecule has 0 aliphatic carbocycles. The second kappa shape index (κ2) is 13.9. The third kappa shape index (κ3) is 7.54. The molecule has 0 spiro atoms. The average molecular weight is 599 g/mol. The van der Waals surface area contributed by atoms with E-state index in [0.29, 0.717) is 37.8 Å². The summed E-state index contributed by atoms with van der Waals surface area (Å²) in [5.41, 5.74) is 7.29. The van der Waals surface area contributed by atoms with Gasteiger partial charge in [0, 0.05) is 48.8 Å². The van der Waals surface area contributed by atoms with E-state index < -0.39 is 12.1 Å². The van der Waals surface area contributed by atoms with E-state index in [4.69, 9.17) is 0 Å². The van der Waals surface area contributed by atoms with Crippen molar-refractivity contribution in [3.8, 4) is 0 Å². The van der Waals surface area contributed by atoms with Crippen molar-refractivity contribution < 1.29 is 22.8 Å². The van der Waals surface area contributed by atoms with Crippen LogP contribution in [-0.4, -0.2) is 65.1 Å². The van der Waals surface area contributed by atoms with Crippen molar-refractivity contribution in [2.24, 2.45) is 5.92 Å². The number of carbonyl (C=O) groups is 2. The lowest BCUT2D eigenvalue weighted by Gasteiger charge is -2.36. The number of likely N-dealkylation sites (tertiary alicyclic amines) is 2. The lowest BCUT2D eigenvalue weighted by molar-refractivity contribution is -0.186. The maximum absolute atomic E-state index is 12.9. The van der Waals surface area contributed by atoms with Crippen molar-refractivity contribution >= 4 is 28.4 Å². The number of aryl methyl sites for hydroxylation is 1. The number of alkyl halides is 3. The number of benzene rings is 1. The van der Waals surface area contributed by atoms with Crippen LogP contribution in [0.3, 0.4) is 0 Å². The molecule has 6 nitrogen and oxygen atoms in total. The van der Waals surface area contributed by atoms with Gasteiger partial charge in [0.2, 0.25) is 0 Å². The lowest BCUT2D eigenvalue weighted by atomic mass is 9.88. The second-order valence-corrected chi connectivity index (χ2v) is 12.0. The minimum atomic E-state index is -4.86. The van der Waals surface area contributed by atoms with Gasteiger partial charge in [0.15, 0.2) is 0 Å². The fourth-order valence-corrected chi connectivity index (χ4v) is 6.26. The number of nitrogens with zero attached hydrogens (tertiary/aromatic N) is 2. The first-order valence-corrected chi connectivity index (χ1v) is 15.5. The number of aromatic amines is 1. The number of piperidine rings is 2. The van der Waals surface area contributed by atoms with Crippen LogP contribution >= 0.6 is 0 Å². The summed E-state index contributed by atoms with van der Waals surface area (Å²) in [5.74, 6) is -0.963. The number of carbonyl (C=O) groups excluding carboxylic acids is 2. The number of H-pyrrole nitrogens is 1. The van der Waals surface area contributed by atoms with E-state index in [9.17, 15) is 22.8 Å².